The average molecular weight is 372 g/mol. The number of aromatic amines is 1. The van der Waals surface area contributed by atoms with E-state index in [0.29, 0.717) is 23.0 Å². The molecule has 0 radical (unpaired) electrons. The van der Waals surface area contributed by atoms with Crippen LogP contribution in [-0.2, 0) is 7.05 Å². The molecule has 4 rings (SSSR count). The number of nitrogens with one attached hydrogen (secondary N) is 1. The summed E-state index contributed by atoms with van der Waals surface area (Å²) >= 11 is 6.30. The van der Waals surface area contributed by atoms with E-state index in [1.807, 2.05) is 24.0 Å². The second-order valence-electron chi connectivity index (χ2n) is 7.06. The summed E-state index contributed by atoms with van der Waals surface area (Å²) in [5.41, 5.74) is 4.36. The van der Waals surface area contributed by atoms with Gasteiger partial charge in [-0.15, -0.1) is 0 Å². The predicted octanol–water partition coefficient (Wildman–Crippen LogP) is 3.59. The number of amides is 1. The van der Waals surface area contributed by atoms with E-state index < -0.39 is 0 Å². The van der Waals surface area contributed by atoms with Gasteiger partial charge in [0.1, 0.15) is 11.5 Å². The number of aromatic nitrogens is 4. The first-order valence-corrected chi connectivity index (χ1v) is 9.27. The quantitative estimate of drug-likeness (QED) is 0.748. The lowest BCUT2D eigenvalue weighted by Gasteiger charge is -2.31. The largest absolute Gasteiger partial charge is 0.342 e. The van der Waals surface area contributed by atoms with Crippen molar-refractivity contribution in [1.82, 2.24) is 24.6 Å². The minimum absolute atomic E-state index is 0.0601. The maximum atomic E-state index is 13.0. The number of hydrogen-bond donors (Lipinski definition) is 1. The number of likely N-dealkylation sites (tertiary alicyclic amines) is 1. The molecule has 26 heavy (non-hydrogen) atoms. The van der Waals surface area contributed by atoms with Crippen molar-refractivity contribution in [3.8, 4) is 0 Å². The molecule has 0 aliphatic carbocycles. The van der Waals surface area contributed by atoms with Crippen molar-refractivity contribution in [1.29, 1.82) is 0 Å². The number of nitrogens with zero attached hydrogens (tertiary/aromatic N) is 4. The number of benzene rings is 1. The summed E-state index contributed by atoms with van der Waals surface area (Å²) in [4.78, 5) is 23.1. The van der Waals surface area contributed by atoms with E-state index in [-0.39, 0.29) is 11.8 Å². The van der Waals surface area contributed by atoms with Gasteiger partial charge in [0.25, 0.3) is 5.91 Å². The average Bonchev–Trinajstić information content (AvgIpc) is 3.17. The Morgan fingerprint density at radius 1 is 1.35 bits per heavy atom. The van der Waals surface area contributed by atoms with Crippen LogP contribution in [0.4, 0.5) is 0 Å². The molecule has 1 fully saturated rings. The van der Waals surface area contributed by atoms with E-state index in [0.717, 1.165) is 41.8 Å². The Balaban J connectivity index is 1.60. The van der Waals surface area contributed by atoms with Gasteiger partial charge in [-0.05, 0) is 38.3 Å². The molecule has 3 heterocycles. The Hall–Kier alpha value is -2.34. The number of fused-ring (bicyclic) bond motifs is 1. The van der Waals surface area contributed by atoms with Gasteiger partial charge >= 0.3 is 0 Å². The third-order valence-corrected chi connectivity index (χ3v) is 5.63. The van der Waals surface area contributed by atoms with E-state index in [9.17, 15) is 4.79 Å². The third kappa shape index (κ3) is 2.78. The number of halogens is 1. The van der Waals surface area contributed by atoms with Gasteiger partial charge in [0.05, 0.1) is 21.7 Å². The first-order valence-electron chi connectivity index (χ1n) is 8.89. The maximum Gasteiger partial charge on any atom is 0.273 e. The second-order valence-corrected chi connectivity index (χ2v) is 7.43. The van der Waals surface area contributed by atoms with E-state index in [1.165, 1.54) is 0 Å². The van der Waals surface area contributed by atoms with Gasteiger partial charge in [-0.1, -0.05) is 23.7 Å². The molecule has 1 aromatic carbocycles. The van der Waals surface area contributed by atoms with E-state index in [1.54, 1.807) is 11.7 Å². The second kappa shape index (κ2) is 6.43. The highest BCUT2D eigenvalue weighted by Gasteiger charge is 2.30. The van der Waals surface area contributed by atoms with Crippen molar-refractivity contribution in [2.75, 3.05) is 13.1 Å². The van der Waals surface area contributed by atoms with Crippen LogP contribution < -0.4 is 0 Å². The fraction of sp³-hybridized carbons (Fsp3) is 0.421. The lowest BCUT2D eigenvalue weighted by molar-refractivity contribution is 0.0694. The van der Waals surface area contributed by atoms with Crippen molar-refractivity contribution in [2.24, 2.45) is 7.05 Å². The summed E-state index contributed by atoms with van der Waals surface area (Å²) in [6.45, 7) is 5.25. The Labute approximate surface area is 157 Å². The molecule has 7 heteroatoms. The van der Waals surface area contributed by atoms with Gasteiger partial charge < -0.3 is 9.88 Å². The Kier molecular flexibility index (Phi) is 4.23. The predicted molar refractivity (Wildman–Crippen MR) is 102 cm³/mol. The van der Waals surface area contributed by atoms with Crippen LogP contribution in [0.1, 0.15) is 46.3 Å². The minimum atomic E-state index is -0.0601. The fourth-order valence-corrected chi connectivity index (χ4v) is 4.03. The molecule has 1 saturated heterocycles. The van der Waals surface area contributed by atoms with Crippen LogP contribution in [0.25, 0.3) is 11.0 Å². The number of H-pyrrole nitrogens is 1. The van der Waals surface area contributed by atoms with Crippen LogP contribution in [0.5, 0.6) is 0 Å². The van der Waals surface area contributed by atoms with E-state index in [2.05, 4.69) is 23.1 Å². The van der Waals surface area contributed by atoms with E-state index >= 15 is 0 Å². The molecule has 2 aromatic heterocycles. The van der Waals surface area contributed by atoms with Crippen LogP contribution in [0.15, 0.2) is 18.2 Å². The standard InChI is InChI=1S/C19H22ClN5O/c1-11-6-4-8-14-16(11)22-18(21-14)13-7-5-9-25(10-13)19(26)17-15(20)12(2)23-24(17)3/h4,6,8,13H,5,7,9-10H2,1-3H3,(H,21,22). The maximum absolute atomic E-state index is 13.0. The van der Waals surface area contributed by atoms with Crippen molar-refractivity contribution in [3.63, 3.8) is 0 Å². The molecule has 6 nitrogen and oxygen atoms in total. The van der Waals surface area contributed by atoms with Gasteiger partial charge in [0, 0.05) is 26.1 Å². The van der Waals surface area contributed by atoms with Crippen LogP contribution in [0.2, 0.25) is 5.02 Å². The summed E-state index contributed by atoms with van der Waals surface area (Å²) in [6, 6.07) is 6.14. The van der Waals surface area contributed by atoms with Gasteiger partial charge in [0.15, 0.2) is 0 Å². The molecule has 1 aliphatic heterocycles. The highest BCUT2D eigenvalue weighted by molar-refractivity contribution is 6.34. The zero-order valence-corrected chi connectivity index (χ0v) is 16.0. The molecule has 0 bridgehead atoms. The van der Waals surface area contributed by atoms with Crippen LogP contribution in [0.3, 0.4) is 0 Å². The van der Waals surface area contributed by atoms with E-state index in [4.69, 9.17) is 16.6 Å². The zero-order valence-electron chi connectivity index (χ0n) is 15.2. The Morgan fingerprint density at radius 2 is 2.15 bits per heavy atom. The summed E-state index contributed by atoms with van der Waals surface area (Å²) in [5, 5.41) is 4.70. The molecule has 1 N–H and O–H groups in total. The van der Waals surface area contributed by atoms with Crippen LogP contribution in [0, 0.1) is 13.8 Å². The summed E-state index contributed by atoms with van der Waals surface area (Å²) in [7, 11) is 1.76. The SMILES string of the molecule is Cc1nn(C)c(C(=O)N2CCCC(c3nc4c(C)cccc4[nH]3)C2)c1Cl. The zero-order chi connectivity index (χ0) is 18.4. The number of piperidine rings is 1. The molecular formula is C19H22ClN5O. The number of imidazole rings is 1. The van der Waals surface area contributed by atoms with Crippen molar-refractivity contribution in [3.05, 3.63) is 46.0 Å². The first-order chi connectivity index (χ1) is 12.5. The number of rotatable bonds is 2. The molecule has 3 aromatic rings. The molecular weight excluding hydrogens is 350 g/mol. The van der Waals surface area contributed by atoms with Gasteiger partial charge in [0.2, 0.25) is 0 Å². The van der Waals surface area contributed by atoms with Crippen LogP contribution >= 0.6 is 11.6 Å². The minimum Gasteiger partial charge on any atom is -0.342 e. The van der Waals surface area contributed by atoms with Crippen molar-refractivity contribution < 1.29 is 4.79 Å². The molecule has 0 saturated carbocycles. The Morgan fingerprint density at radius 3 is 2.85 bits per heavy atom. The number of aryl methyl sites for hydroxylation is 3. The summed E-state index contributed by atoms with van der Waals surface area (Å²) in [6.07, 6.45) is 1.96. The summed E-state index contributed by atoms with van der Waals surface area (Å²) in [5.74, 6) is 1.10. The summed E-state index contributed by atoms with van der Waals surface area (Å²) < 4.78 is 1.58. The van der Waals surface area contributed by atoms with Gasteiger partial charge in [-0.3, -0.25) is 9.48 Å². The number of para-hydroxylation sites is 1. The molecule has 1 amide bonds. The van der Waals surface area contributed by atoms with Crippen molar-refractivity contribution >= 4 is 28.5 Å². The first kappa shape index (κ1) is 17.1. The topological polar surface area (TPSA) is 66.8 Å². The molecule has 0 spiro atoms. The highest BCUT2D eigenvalue weighted by Crippen LogP contribution is 2.29. The lowest BCUT2D eigenvalue weighted by Crippen LogP contribution is -2.40. The third-order valence-electron chi connectivity index (χ3n) is 5.18. The van der Waals surface area contributed by atoms with Crippen molar-refractivity contribution in [2.45, 2.75) is 32.6 Å². The lowest BCUT2D eigenvalue weighted by atomic mass is 9.97. The highest BCUT2D eigenvalue weighted by atomic mass is 35.5. The van der Waals surface area contributed by atoms with Gasteiger partial charge in [-0.2, -0.15) is 5.10 Å². The normalized spacial score (nSPS) is 17.8. The number of hydrogen-bond acceptors (Lipinski definition) is 3. The number of carbonyl (C=O) groups is 1. The fourth-order valence-electron chi connectivity index (χ4n) is 3.79. The van der Waals surface area contributed by atoms with Gasteiger partial charge in [-0.25, -0.2) is 4.98 Å². The monoisotopic (exact) mass is 371 g/mol. The van der Waals surface area contributed by atoms with Crippen LogP contribution in [-0.4, -0.2) is 43.6 Å². The Bertz CT molecular complexity index is 989. The molecule has 1 atom stereocenters. The number of carbonyl (C=O) groups excluding carboxylic acids is 1. The molecule has 136 valence electrons. The smallest absolute Gasteiger partial charge is 0.273 e. The molecule has 1 aliphatic rings. The molecule has 1 unspecified atom stereocenters.